The van der Waals surface area contributed by atoms with Gasteiger partial charge in [-0.3, -0.25) is 4.90 Å². The number of ether oxygens (including phenoxy) is 1. The van der Waals surface area contributed by atoms with E-state index in [1.165, 1.54) is 0 Å². The van der Waals surface area contributed by atoms with E-state index in [9.17, 15) is 31.1 Å². The summed E-state index contributed by atoms with van der Waals surface area (Å²) < 4.78 is 79.9. The molecule has 1 saturated heterocycles. The van der Waals surface area contributed by atoms with E-state index in [1.807, 2.05) is 60.4 Å². The largest absolute Gasteiger partial charge is 0.434 e. The zero-order valence-electron chi connectivity index (χ0n) is 17.4. The lowest BCUT2D eigenvalue weighted by Crippen LogP contribution is -2.53. The zero-order valence-corrected chi connectivity index (χ0v) is 17.4. The minimum Gasteiger partial charge on any atom is -0.426 e. The summed E-state index contributed by atoms with van der Waals surface area (Å²) in [4.78, 5) is 14.9. The number of nitrogens with zero attached hydrogens (tertiary/aromatic N) is 2. The zero-order chi connectivity index (χ0) is 23.9. The highest BCUT2D eigenvalue weighted by Gasteiger charge is 2.60. The maximum atomic E-state index is 12.7. The Morgan fingerprint density at radius 1 is 1.03 bits per heavy atom. The fourth-order valence-electron chi connectivity index (χ4n) is 3.47. The van der Waals surface area contributed by atoms with E-state index in [2.05, 4.69) is 11.3 Å². The Bertz CT molecular complexity index is 811. The van der Waals surface area contributed by atoms with Gasteiger partial charge in [0.1, 0.15) is 0 Å². The molecule has 0 radical (unpaired) electrons. The number of halogens is 6. The minimum absolute atomic E-state index is 0.0815. The first kappa shape index (κ1) is 25.5. The summed E-state index contributed by atoms with van der Waals surface area (Å²) in [7, 11) is 0. The van der Waals surface area contributed by atoms with Crippen LogP contribution < -0.4 is 0 Å². The second kappa shape index (κ2) is 10.7. The van der Waals surface area contributed by atoms with E-state index in [0.29, 0.717) is 0 Å². The number of piperazine rings is 1. The maximum absolute atomic E-state index is 12.7. The van der Waals surface area contributed by atoms with Crippen molar-refractivity contribution in [3.05, 3.63) is 72.4 Å². The van der Waals surface area contributed by atoms with Crippen molar-refractivity contribution < 1.29 is 35.9 Å². The van der Waals surface area contributed by atoms with Crippen LogP contribution in [0.15, 0.2) is 66.8 Å². The number of allylic oxidation sites excluding steroid dienone is 3. The summed E-state index contributed by atoms with van der Waals surface area (Å²) >= 11 is 0. The predicted molar refractivity (Wildman–Crippen MR) is 108 cm³/mol. The smallest absolute Gasteiger partial charge is 0.426 e. The molecule has 0 bridgehead atoms. The van der Waals surface area contributed by atoms with Crippen LogP contribution in [0, 0.1) is 0 Å². The molecule has 0 aliphatic carbocycles. The number of carbonyl (C=O) groups is 1. The Hall–Kier alpha value is -2.75. The van der Waals surface area contributed by atoms with Crippen molar-refractivity contribution in [3.8, 4) is 0 Å². The molecule has 4 nitrogen and oxygen atoms in total. The molecule has 1 aliphatic rings. The number of benzene rings is 1. The van der Waals surface area contributed by atoms with Crippen molar-refractivity contribution in [2.45, 2.75) is 31.4 Å². The first-order valence-electron chi connectivity index (χ1n) is 9.82. The lowest BCUT2D eigenvalue weighted by molar-refractivity contribution is -0.308. The van der Waals surface area contributed by atoms with E-state index in [1.54, 1.807) is 6.08 Å². The van der Waals surface area contributed by atoms with E-state index in [4.69, 9.17) is 0 Å². The fourth-order valence-corrected chi connectivity index (χ4v) is 3.47. The van der Waals surface area contributed by atoms with Gasteiger partial charge in [-0.15, -0.1) is 0 Å². The topological polar surface area (TPSA) is 32.8 Å². The third-order valence-corrected chi connectivity index (χ3v) is 4.85. The van der Waals surface area contributed by atoms with E-state index >= 15 is 0 Å². The molecule has 1 aromatic rings. The van der Waals surface area contributed by atoms with Crippen LogP contribution in [0.4, 0.5) is 31.1 Å². The van der Waals surface area contributed by atoms with Gasteiger partial charge in [0.15, 0.2) is 0 Å². The van der Waals surface area contributed by atoms with Gasteiger partial charge in [-0.2, -0.15) is 26.3 Å². The second-order valence-electron chi connectivity index (χ2n) is 7.09. The highest BCUT2D eigenvalue weighted by Crippen LogP contribution is 2.36. The molecule has 1 aliphatic heterocycles. The molecule has 2 rings (SSSR count). The van der Waals surface area contributed by atoms with Crippen molar-refractivity contribution in [1.29, 1.82) is 0 Å². The average Bonchev–Trinajstić information content (AvgIpc) is 2.72. The molecule has 32 heavy (non-hydrogen) atoms. The Balaban J connectivity index is 2.16. The van der Waals surface area contributed by atoms with Gasteiger partial charge in [0, 0.05) is 26.2 Å². The number of rotatable bonds is 6. The monoisotopic (exact) mass is 462 g/mol. The summed E-state index contributed by atoms with van der Waals surface area (Å²) in [5.74, 6) is 0. The van der Waals surface area contributed by atoms with Crippen LogP contribution in [0.3, 0.4) is 0 Å². The summed E-state index contributed by atoms with van der Waals surface area (Å²) in [5.41, 5.74) is 1.85. The predicted octanol–water partition coefficient (Wildman–Crippen LogP) is 5.66. The molecule has 1 amide bonds. The summed E-state index contributed by atoms with van der Waals surface area (Å²) in [6, 6.07) is 9.20. The van der Waals surface area contributed by atoms with Crippen LogP contribution in [0.2, 0.25) is 0 Å². The van der Waals surface area contributed by atoms with E-state index < -0.39 is 24.5 Å². The summed E-state index contributed by atoms with van der Waals surface area (Å²) in [5, 5.41) is 0. The van der Waals surface area contributed by atoms with E-state index in [-0.39, 0.29) is 32.2 Å². The highest BCUT2D eigenvalue weighted by molar-refractivity contribution is 5.68. The SMILES string of the molecule is C=CC=C(C=CC)C(c1ccccc1)N1CCN(C(=O)OC(C(F)(F)F)C(F)(F)F)CC1. The second-order valence-corrected chi connectivity index (χ2v) is 7.09. The lowest BCUT2D eigenvalue weighted by atomic mass is 9.95. The number of alkyl halides is 6. The number of amides is 1. The molecule has 1 unspecified atom stereocenters. The molecule has 0 aromatic heterocycles. The summed E-state index contributed by atoms with van der Waals surface area (Å²) in [6.45, 7) is 5.86. The van der Waals surface area contributed by atoms with Crippen molar-refractivity contribution in [3.63, 3.8) is 0 Å². The molecule has 1 atom stereocenters. The molecule has 1 aromatic carbocycles. The third-order valence-electron chi connectivity index (χ3n) is 4.85. The first-order chi connectivity index (χ1) is 15.0. The molecule has 1 fully saturated rings. The number of carbonyl (C=O) groups excluding carboxylic acids is 1. The van der Waals surface area contributed by atoms with Gasteiger partial charge in [-0.25, -0.2) is 4.79 Å². The molecule has 0 N–H and O–H groups in total. The van der Waals surface area contributed by atoms with Crippen molar-refractivity contribution >= 4 is 6.09 Å². The van der Waals surface area contributed by atoms with Gasteiger partial charge in [0.25, 0.3) is 6.10 Å². The van der Waals surface area contributed by atoms with Gasteiger partial charge in [0.05, 0.1) is 6.04 Å². The Kier molecular flexibility index (Phi) is 8.54. The highest BCUT2D eigenvalue weighted by atomic mass is 19.4. The standard InChI is InChI=1S/C22H24F6N2O2/c1-3-8-16(9-4-2)18(17-10-6-5-7-11-17)29-12-14-30(15-13-29)20(31)32-19(21(23,24)25)22(26,27)28/h3-11,18-19H,1,12-15H2,2H3. The maximum Gasteiger partial charge on any atom is 0.434 e. The van der Waals surface area contributed by atoms with Gasteiger partial charge in [-0.05, 0) is 18.1 Å². The molecule has 1 heterocycles. The van der Waals surface area contributed by atoms with Crippen LogP contribution in [0.25, 0.3) is 0 Å². The third kappa shape index (κ3) is 6.62. The number of hydrogen-bond donors (Lipinski definition) is 0. The van der Waals surface area contributed by atoms with Crippen molar-refractivity contribution in [2.75, 3.05) is 26.2 Å². The van der Waals surface area contributed by atoms with Gasteiger partial charge in [0.2, 0.25) is 0 Å². The minimum atomic E-state index is -5.75. The lowest BCUT2D eigenvalue weighted by Gasteiger charge is -2.40. The van der Waals surface area contributed by atoms with Crippen molar-refractivity contribution in [2.24, 2.45) is 0 Å². The molecule has 0 saturated carbocycles. The number of hydrogen-bond acceptors (Lipinski definition) is 3. The molecular formula is C22H24F6N2O2. The normalized spacial score (nSPS) is 17.6. The molecule has 0 spiro atoms. The van der Waals surface area contributed by atoms with Crippen LogP contribution in [0.5, 0.6) is 0 Å². The molecule has 176 valence electrons. The first-order valence-corrected chi connectivity index (χ1v) is 9.82. The quantitative estimate of drug-likeness (QED) is 0.404. The van der Waals surface area contributed by atoms with Gasteiger partial charge >= 0.3 is 18.4 Å². The van der Waals surface area contributed by atoms with E-state index in [0.717, 1.165) is 16.0 Å². The van der Waals surface area contributed by atoms with Gasteiger partial charge in [-0.1, -0.05) is 61.2 Å². The average molecular weight is 462 g/mol. The Morgan fingerprint density at radius 2 is 1.59 bits per heavy atom. The Morgan fingerprint density at radius 3 is 2.06 bits per heavy atom. The van der Waals surface area contributed by atoms with Crippen LogP contribution in [-0.2, 0) is 4.74 Å². The summed E-state index contributed by atoms with van der Waals surface area (Å²) in [6.07, 6.45) is -10.1. The fraction of sp³-hybridized carbons (Fsp3) is 0.409. The van der Waals surface area contributed by atoms with Gasteiger partial charge < -0.3 is 9.64 Å². The molecule has 10 heteroatoms. The van der Waals surface area contributed by atoms with Crippen LogP contribution in [-0.4, -0.2) is 60.5 Å². The van der Waals surface area contributed by atoms with Crippen molar-refractivity contribution in [1.82, 2.24) is 9.80 Å². The van der Waals surface area contributed by atoms with Crippen LogP contribution >= 0.6 is 0 Å². The Labute approximate surface area is 182 Å². The van der Waals surface area contributed by atoms with Crippen LogP contribution in [0.1, 0.15) is 18.5 Å². The molecular weight excluding hydrogens is 438 g/mol.